The highest BCUT2D eigenvalue weighted by atomic mass is 35.5. The first-order valence-electron chi connectivity index (χ1n) is 8.86. The molecule has 0 saturated heterocycles. The summed E-state index contributed by atoms with van der Waals surface area (Å²) in [6.45, 7) is 1.16. The first kappa shape index (κ1) is 25.7. The molecule has 30 heavy (non-hydrogen) atoms. The van der Waals surface area contributed by atoms with E-state index in [0.29, 0.717) is 0 Å². The van der Waals surface area contributed by atoms with E-state index in [2.05, 4.69) is 10.6 Å². The van der Waals surface area contributed by atoms with E-state index in [1.165, 1.54) is 0 Å². The molecule has 2 aromatic carbocycles. The van der Waals surface area contributed by atoms with Crippen molar-refractivity contribution in [1.82, 2.24) is 5.32 Å². The Hall–Kier alpha value is -2.32. The van der Waals surface area contributed by atoms with Crippen LogP contribution in [0.3, 0.4) is 0 Å². The number of ether oxygens (including phenoxy) is 1. The number of halogens is 3. The lowest BCUT2D eigenvalue weighted by Crippen LogP contribution is -2.42. The van der Waals surface area contributed by atoms with Crippen molar-refractivity contribution in [2.24, 2.45) is 11.7 Å². The number of anilines is 1. The van der Waals surface area contributed by atoms with Gasteiger partial charge in [0, 0.05) is 6.54 Å². The zero-order chi connectivity index (χ0) is 21.4. The van der Waals surface area contributed by atoms with Crippen molar-refractivity contribution >= 4 is 59.1 Å². The summed E-state index contributed by atoms with van der Waals surface area (Å²) >= 11 is 12.6. The van der Waals surface area contributed by atoms with Gasteiger partial charge in [0.2, 0.25) is 11.8 Å². The number of carbonyl (C=O) groups is 3. The van der Waals surface area contributed by atoms with E-state index >= 15 is 0 Å². The van der Waals surface area contributed by atoms with Gasteiger partial charge >= 0.3 is 5.97 Å². The van der Waals surface area contributed by atoms with Gasteiger partial charge < -0.3 is 21.1 Å². The van der Waals surface area contributed by atoms with E-state index in [0.717, 1.165) is 11.1 Å². The molecule has 0 fully saturated rings. The summed E-state index contributed by atoms with van der Waals surface area (Å²) in [6, 6.07) is 12.8. The first-order chi connectivity index (χ1) is 13.9. The topological polar surface area (TPSA) is 111 Å². The Labute approximate surface area is 190 Å². The second kappa shape index (κ2) is 12.4. The number of hydrogen-bond donors (Lipinski definition) is 3. The van der Waals surface area contributed by atoms with E-state index in [9.17, 15) is 14.4 Å². The van der Waals surface area contributed by atoms with E-state index in [4.69, 9.17) is 33.7 Å². The molecule has 0 heterocycles. The van der Waals surface area contributed by atoms with Crippen LogP contribution < -0.4 is 16.4 Å². The third-order valence-electron chi connectivity index (χ3n) is 3.97. The van der Waals surface area contributed by atoms with E-state index in [-0.39, 0.29) is 47.8 Å². The van der Waals surface area contributed by atoms with Gasteiger partial charge in [0.05, 0.1) is 28.9 Å². The van der Waals surface area contributed by atoms with Gasteiger partial charge in [0.1, 0.15) is 0 Å². The second-order valence-electron chi connectivity index (χ2n) is 5.98. The third kappa shape index (κ3) is 6.88. The highest BCUT2D eigenvalue weighted by molar-refractivity contribution is 6.40. The quantitative estimate of drug-likeness (QED) is 0.402. The maximum atomic E-state index is 12.7. The summed E-state index contributed by atoms with van der Waals surface area (Å²) in [4.78, 5) is 36.2. The molecule has 0 radical (unpaired) electrons. The highest BCUT2D eigenvalue weighted by Crippen LogP contribution is 2.36. The molecule has 2 rings (SSSR count). The second-order valence-corrected chi connectivity index (χ2v) is 6.80. The van der Waals surface area contributed by atoms with Gasteiger partial charge in [-0.15, -0.1) is 12.4 Å². The summed E-state index contributed by atoms with van der Waals surface area (Å²) in [7, 11) is 0. The monoisotopic (exact) mass is 473 g/mol. The molecule has 2 aromatic rings. The predicted octanol–water partition coefficient (Wildman–Crippen LogP) is 3.27. The van der Waals surface area contributed by atoms with Crippen molar-refractivity contribution in [2.45, 2.75) is 6.92 Å². The van der Waals surface area contributed by atoms with Crippen LogP contribution in [-0.4, -0.2) is 37.5 Å². The zero-order valence-electron chi connectivity index (χ0n) is 16.1. The summed E-state index contributed by atoms with van der Waals surface area (Å²) in [5.41, 5.74) is 7.07. The van der Waals surface area contributed by atoms with Crippen LogP contribution in [0.5, 0.6) is 0 Å². The number of rotatable bonds is 8. The molecule has 7 nitrogen and oxygen atoms in total. The van der Waals surface area contributed by atoms with Crippen molar-refractivity contribution in [2.75, 3.05) is 25.0 Å². The lowest BCUT2D eigenvalue weighted by atomic mass is 10.0. The fraction of sp³-hybridized carbons (Fsp3) is 0.250. The van der Waals surface area contributed by atoms with E-state index < -0.39 is 23.7 Å². The SMILES string of the molecule is CCOC(=O)[C@@H](CNC(=O)CN)C(=O)Nc1c(Cl)cc(-c2ccccc2)cc1Cl.Cl. The Morgan fingerprint density at radius 2 is 1.67 bits per heavy atom. The molecular formula is C20H22Cl3N3O4. The molecule has 0 spiro atoms. The average molecular weight is 475 g/mol. The van der Waals surface area contributed by atoms with Crippen LogP contribution in [0.15, 0.2) is 42.5 Å². The Morgan fingerprint density at radius 1 is 1.07 bits per heavy atom. The number of esters is 1. The smallest absolute Gasteiger partial charge is 0.320 e. The predicted molar refractivity (Wildman–Crippen MR) is 120 cm³/mol. The summed E-state index contributed by atoms with van der Waals surface area (Å²) in [6.07, 6.45) is 0. The highest BCUT2D eigenvalue weighted by Gasteiger charge is 2.29. The van der Waals surface area contributed by atoms with Gasteiger partial charge in [-0.3, -0.25) is 14.4 Å². The van der Waals surface area contributed by atoms with Gasteiger partial charge in [-0.2, -0.15) is 0 Å². The van der Waals surface area contributed by atoms with Crippen LogP contribution in [-0.2, 0) is 19.1 Å². The molecule has 0 aromatic heterocycles. The molecule has 0 aliphatic heterocycles. The lowest BCUT2D eigenvalue weighted by Gasteiger charge is -2.18. The zero-order valence-corrected chi connectivity index (χ0v) is 18.4. The molecule has 0 aliphatic carbocycles. The normalized spacial score (nSPS) is 11.1. The minimum atomic E-state index is -1.29. The average Bonchev–Trinajstić information content (AvgIpc) is 2.71. The Morgan fingerprint density at radius 3 is 2.20 bits per heavy atom. The largest absolute Gasteiger partial charge is 0.465 e. The number of carbonyl (C=O) groups excluding carboxylic acids is 3. The molecular weight excluding hydrogens is 453 g/mol. The van der Waals surface area contributed by atoms with Crippen molar-refractivity contribution < 1.29 is 19.1 Å². The molecule has 10 heteroatoms. The summed E-state index contributed by atoms with van der Waals surface area (Å²) in [5, 5.41) is 5.37. The molecule has 1 atom stereocenters. The number of nitrogens with two attached hydrogens (primary N) is 1. The minimum absolute atomic E-state index is 0. The van der Waals surface area contributed by atoms with Gasteiger partial charge in [0.15, 0.2) is 5.92 Å². The van der Waals surface area contributed by atoms with Gasteiger partial charge in [-0.25, -0.2) is 0 Å². The Kier molecular flexibility index (Phi) is 10.6. The van der Waals surface area contributed by atoms with Crippen LogP contribution in [0.1, 0.15) is 6.92 Å². The molecule has 4 N–H and O–H groups in total. The van der Waals surface area contributed by atoms with E-state index in [1.807, 2.05) is 30.3 Å². The standard InChI is InChI=1S/C20H21Cl2N3O4.ClH/c1-2-29-20(28)14(11-24-17(26)10-23)19(27)25-18-15(21)8-13(9-16(18)22)12-6-4-3-5-7-12;/h3-9,14H,2,10-11,23H2,1H3,(H,24,26)(H,25,27);1H/t14-;/m0./s1. The minimum Gasteiger partial charge on any atom is -0.465 e. The van der Waals surface area contributed by atoms with Gasteiger partial charge in [-0.05, 0) is 30.2 Å². The first-order valence-corrected chi connectivity index (χ1v) is 9.61. The number of nitrogens with one attached hydrogen (secondary N) is 2. The summed E-state index contributed by atoms with van der Waals surface area (Å²) < 4.78 is 4.92. The number of amides is 2. The number of hydrogen-bond acceptors (Lipinski definition) is 5. The third-order valence-corrected chi connectivity index (χ3v) is 4.57. The Bertz CT molecular complexity index is 871. The van der Waals surface area contributed by atoms with Crippen molar-refractivity contribution in [1.29, 1.82) is 0 Å². The van der Waals surface area contributed by atoms with E-state index in [1.54, 1.807) is 19.1 Å². The van der Waals surface area contributed by atoms with Crippen LogP contribution in [0.2, 0.25) is 10.0 Å². The van der Waals surface area contributed by atoms with Crippen LogP contribution in [0, 0.1) is 5.92 Å². The molecule has 0 unspecified atom stereocenters. The fourth-order valence-corrected chi connectivity index (χ4v) is 3.10. The lowest BCUT2D eigenvalue weighted by molar-refractivity contribution is -0.150. The van der Waals surface area contributed by atoms with Gasteiger partial charge in [0.25, 0.3) is 0 Å². The fourth-order valence-electron chi connectivity index (χ4n) is 2.51. The maximum Gasteiger partial charge on any atom is 0.320 e. The van der Waals surface area contributed by atoms with Crippen molar-refractivity contribution in [3.63, 3.8) is 0 Å². The van der Waals surface area contributed by atoms with Crippen molar-refractivity contribution in [3.8, 4) is 11.1 Å². The Balaban J connectivity index is 0.00000450. The molecule has 0 bridgehead atoms. The van der Waals surface area contributed by atoms with Crippen molar-refractivity contribution in [3.05, 3.63) is 52.5 Å². The summed E-state index contributed by atoms with van der Waals surface area (Å²) in [5.74, 6) is -3.28. The molecule has 0 saturated carbocycles. The van der Waals surface area contributed by atoms with Crippen LogP contribution >= 0.6 is 35.6 Å². The van der Waals surface area contributed by atoms with Crippen LogP contribution in [0.25, 0.3) is 11.1 Å². The number of benzene rings is 2. The molecule has 0 aliphatic rings. The maximum absolute atomic E-state index is 12.7. The van der Waals surface area contributed by atoms with Crippen LogP contribution in [0.4, 0.5) is 5.69 Å². The van der Waals surface area contributed by atoms with Gasteiger partial charge in [-0.1, -0.05) is 53.5 Å². The molecule has 2 amide bonds. The molecule has 162 valence electrons.